The van der Waals surface area contributed by atoms with Gasteiger partial charge in [0.1, 0.15) is 0 Å². The van der Waals surface area contributed by atoms with Crippen molar-refractivity contribution >= 4 is 64.2 Å². The van der Waals surface area contributed by atoms with Gasteiger partial charge >= 0.3 is 0 Å². The zero-order valence-corrected chi connectivity index (χ0v) is 17.8. The summed E-state index contributed by atoms with van der Waals surface area (Å²) in [5, 5.41) is 8.07. The second-order valence-corrected chi connectivity index (χ2v) is 9.51. The number of halogens is 2. The van der Waals surface area contributed by atoms with Crippen LogP contribution >= 0.6 is 31.9 Å². The summed E-state index contributed by atoms with van der Waals surface area (Å²) in [6, 6.07) is 11.5. The van der Waals surface area contributed by atoms with Gasteiger partial charge in [0, 0.05) is 8.95 Å². The van der Waals surface area contributed by atoms with E-state index in [2.05, 4.69) is 96.8 Å². The largest absolute Gasteiger partial charge is 0.0560 e. The van der Waals surface area contributed by atoms with Gasteiger partial charge in [-0.1, -0.05) is 54.9 Å². The van der Waals surface area contributed by atoms with Crippen LogP contribution in [0.4, 0.5) is 0 Å². The van der Waals surface area contributed by atoms with Crippen LogP contribution < -0.4 is 0 Å². The summed E-state index contributed by atoms with van der Waals surface area (Å²) in [5.41, 5.74) is 4.13. The normalized spacial score (nSPS) is 12.8. The first-order valence-corrected chi connectivity index (χ1v) is 9.86. The minimum atomic E-state index is 0.0918. The van der Waals surface area contributed by atoms with Gasteiger partial charge in [-0.15, -0.1) is 0 Å². The van der Waals surface area contributed by atoms with E-state index < -0.39 is 0 Å². The molecule has 0 atom stereocenters. The van der Waals surface area contributed by atoms with E-state index >= 15 is 0 Å². The van der Waals surface area contributed by atoms with E-state index in [0.29, 0.717) is 0 Å². The molecular formula is C22H20Br2. The standard InChI is InChI=1S/C22H20Br2/c1-11-8-12(2)15-10-18(23)16-9-17(22(3,4)5)21(24)14-7-6-13(11)19(15)20(14)16/h6-10H,1-5H3. The average molecular weight is 444 g/mol. The van der Waals surface area contributed by atoms with Gasteiger partial charge in [-0.3, -0.25) is 0 Å². The van der Waals surface area contributed by atoms with Crippen molar-refractivity contribution in [1.82, 2.24) is 0 Å². The fraction of sp³-hybridized carbons (Fsp3) is 0.273. The maximum atomic E-state index is 3.91. The molecule has 24 heavy (non-hydrogen) atoms. The number of rotatable bonds is 0. The van der Waals surface area contributed by atoms with Gasteiger partial charge in [0.25, 0.3) is 0 Å². The van der Waals surface area contributed by atoms with E-state index in [-0.39, 0.29) is 5.41 Å². The molecular weight excluding hydrogens is 424 g/mol. The zero-order chi connectivity index (χ0) is 17.4. The van der Waals surface area contributed by atoms with Crippen molar-refractivity contribution in [3.05, 3.63) is 56.0 Å². The number of hydrogen-bond acceptors (Lipinski definition) is 0. The van der Waals surface area contributed by atoms with Crippen LogP contribution in [0.1, 0.15) is 37.5 Å². The molecule has 0 nitrogen and oxygen atoms in total. The van der Waals surface area contributed by atoms with E-state index in [0.717, 1.165) is 0 Å². The predicted octanol–water partition coefficient (Wildman–Crippen LogP) is 8.02. The van der Waals surface area contributed by atoms with E-state index in [4.69, 9.17) is 0 Å². The first kappa shape index (κ1) is 16.4. The van der Waals surface area contributed by atoms with Crippen LogP contribution in [0, 0.1) is 13.8 Å². The molecule has 0 saturated carbocycles. The first-order chi connectivity index (χ1) is 11.2. The second kappa shape index (κ2) is 5.19. The maximum Gasteiger partial charge on any atom is 0.0291 e. The van der Waals surface area contributed by atoms with Crippen LogP contribution in [-0.4, -0.2) is 0 Å². The summed E-state index contributed by atoms with van der Waals surface area (Å²) in [5.74, 6) is 0. The fourth-order valence-corrected chi connectivity index (χ4v) is 5.48. The first-order valence-electron chi connectivity index (χ1n) is 8.27. The van der Waals surface area contributed by atoms with Gasteiger partial charge in [-0.05, 0) is 96.3 Å². The molecule has 0 N–H and O–H groups in total. The van der Waals surface area contributed by atoms with E-state index in [1.165, 1.54) is 58.0 Å². The molecule has 0 spiro atoms. The zero-order valence-electron chi connectivity index (χ0n) is 14.6. The number of benzene rings is 4. The SMILES string of the molecule is Cc1cc(C)c2cc(Br)c3cc(C(C)(C)C)c(Br)c4ccc1c2c34. The molecule has 0 fully saturated rings. The van der Waals surface area contributed by atoms with Gasteiger partial charge in [-0.25, -0.2) is 0 Å². The molecule has 2 heteroatoms. The summed E-state index contributed by atoms with van der Waals surface area (Å²) in [6.45, 7) is 11.2. The fourth-order valence-electron chi connectivity index (χ4n) is 3.90. The minimum absolute atomic E-state index is 0.0918. The Balaban J connectivity index is 2.37. The van der Waals surface area contributed by atoms with Crippen molar-refractivity contribution in [2.45, 2.75) is 40.0 Å². The van der Waals surface area contributed by atoms with Gasteiger partial charge < -0.3 is 0 Å². The van der Waals surface area contributed by atoms with Crippen LogP contribution in [0.15, 0.2) is 39.3 Å². The van der Waals surface area contributed by atoms with Crippen LogP contribution in [-0.2, 0) is 5.41 Å². The highest BCUT2D eigenvalue weighted by Gasteiger charge is 2.23. The maximum absolute atomic E-state index is 3.91. The molecule has 0 aliphatic heterocycles. The highest BCUT2D eigenvalue weighted by atomic mass is 79.9. The van der Waals surface area contributed by atoms with Gasteiger partial charge in [-0.2, -0.15) is 0 Å². The number of aryl methyl sites for hydroxylation is 2. The van der Waals surface area contributed by atoms with Crippen molar-refractivity contribution in [2.75, 3.05) is 0 Å². The van der Waals surface area contributed by atoms with E-state index in [1.54, 1.807) is 0 Å². The predicted molar refractivity (Wildman–Crippen MR) is 114 cm³/mol. The lowest BCUT2D eigenvalue weighted by Gasteiger charge is -2.24. The Bertz CT molecular complexity index is 1110. The Morgan fingerprint density at radius 2 is 1.29 bits per heavy atom. The van der Waals surface area contributed by atoms with Gasteiger partial charge in [0.15, 0.2) is 0 Å². The van der Waals surface area contributed by atoms with Gasteiger partial charge in [0.2, 0.25) is 0 Å². The summed E-state index contributed by atoms with van der Waals surface area (Å²) in [4.78, 5) is 0. The molecule has 4 rings (SSSR count). The Morgan fingerprint density at radius 1 is 0.708 bits per heavy atom. The van der Waals surface area contributed by atoms with Gasteiger partial charge in [0.05, 0.1) is 0 Å². The number of hydrogen-bond donors (Lipinski definition) is 0. The topological polar surface area (TPSA) is 0 Å². The lowest BCUT2D eigenvalue weighted by molar-refractivity contribution is 0.589. The summed E-state index contributed by atoms with van der Waals surface area (Å²) in [7, 11) is 0. The monoisotopic (exact) mass is 442 g/mol. The average Bonchev–Trinajstić information content (AvgIpc) is 2.49. The third kappa shape index (κ3) is 2.16. The third-order valence-corrected chi connectivity index (χ3v) is 6.64. The molecule has 0 aliphatic rings. The molecule has 122 valence electrons. The second-order valence-electron chi connectivity index (χ2n) is 7.86. The Kier molecular flexibility index (Phi) is 3.54. The van der Waals surface area contributed by atoms with Crippen molar-refractivity contribution in [3.63, 3.8) is 0 Å². The van der Waals surface area contributed by atoms with Crippen LogP contribution in [0.25, 0.3) is 32.3 Å². The van der Waals surface area contributed by atoms with Crippen molar-refractivity contribution in [2.24, 2.45) is 0 Å². The smallest absolute Gasteiger partial charge is 0.0291 e. The summed E-state index contributed by atoms with van der Waals surface area (Å²) in [6.07, 6.45) is 0. The molecule has 0 unspecified atom stereocenters. The molecule has 0 heterocycles. The van der Waals surface area contributed by atoms with E-state index in [1.807, 2.05) is 0 Å². The highest BCUT2D eigenvalue weighted by Crippen LogP contribution is 2.46. The quantitative estimate of drug-likeness (QED) is 0.241. The van der Waals surface area contributed by atoms with Crippen LogP contribution in [0.5, 0.6) is 0 Å². The Hall–Kier alpha value is -1.12. The van der Waals surface area contributed by atoms with Crippen molar-refractivity contribution in [1.29, 1.82) is 0 Å². The molecule has 0 radical (unpaired) electrons. The third-order valence-electron chi connectivity index (χ3n) is 5.12. The van der Waals surface area contributed by atoms with Crippen LogP contribution in [0.3, 0.4) is 0 Å². The summed E-state index contributed by atoms with van der Waals surface area (Å²) >= 11 is 7.75. The molecule has 0 amide bonds. The minimum Gasteiger partial charge on any atom is -0.0560 e. The lowest BCUT2D eigenvalue weighted by atomic mass is 9.82. The Morgan fingerprint density at radius 3 is 1.96 bits per heavy atom. The van der Waals surface area contributed by atoms with Crippen molar-refractivity contribution in [3.8, 4) is 0 Å². The molecule has 0 bridgehead atoms. The Labute approximate surface area is 159 Å². The molecule has 4 aromatic rings. The molecule has 0 saturated heterocycles. The lowest BCUT2D eigenvalue weighted by Crippen LogP contribution is -2.12. The van der Waals surface area contributed by atoms with E-state index in [9.17, 15) is 0 Å². The summed E-state index contributed by atoms with van der Waals surface area (Å²) < 4.78 is 2.40. The molecule has 0 aliphatic carbocycles. The van der Waals surface area contributed by atoms with Crippen molar-refractivity contribution < 1.29 is 0 Å². The highest BCUT2D eigenvalue weighted by molar-refractivity contribution is 9.11. The van der Waals surface area contributed by atoms with Crippen LogP contribution in [0.2, 0.25) is 0 Å². The molecule has 4 aromatic carbocycles. The molecule has 0 aromatic heterocycles.